The number of alkyl halides is 3. The third kappa shape index (κ3) is 1.51. The maximum atomic E-state index is 12.4. The first-order chi connectivity index (χ1) is 6.48. The molecule has 0 heterocycles. The number of hydrogen-bond donors (Lipinski definition) is 0. The fourth-order valence-electron chi connectivity index (χ4n) is 1.99. The second-order valence-electron chi connectivity index (χ2n) is 3.85. The number of rotatable bonds is 0. The number of benzene rings is 1. The Morgan fingerprint density at radius 1 is 1.29 bits per heavy atom. The third-order valence-corrected chi connectivity index (χ3v) is 2.85. The number of aryl methyl sites for hydroxylation is 1. The van der Waals surface area contributed by atoms with Crippen molar-refractivity contribution < 1.29 is 13.2 Å². The van der Waals surface area contributed by atoms with Gasteiger partial charge in [-0.05, 0) is 42.0 Å². The van der Waals surface area contributed by atoms with Crippen LogP contribution >= 0.6 is 0 Å². The summed E-state index contributed by atoms with van der Waals surface area (Å²) in [6.07, 6.45) is -2.33. The summed E-state index contributed by atoms with van der Waals surface area (Å²) < 4.78 is 37.2. The third-order valence-electron chi connectivity index (χ3n) is 2.85. The SMILES string of the molecule is CC1CCc2ccc(C(F)(F)F)cc21. The quantitative estimate of drug-likeness (QED) is 0.598. The summed E-state index contributed by atoms with van der Waals surface area (Å²) in [5.74, 6) is 0.271. The zero-order valence-electron chi connectivity index (χ0n) is 7.86. The molecule has 0 amide bonds. The molecular formula is C11H11F3. The highest BCUT2D eigenvalue weighted by Gasteiger charge is 2.32. The Hall–Kier alpha value is -0.990. The molecule has 0 saturated heterocycles. The fraction of sp³-hybridized carbons (Fsp3) is 0.455. The molecule has 1 aromatic rings. The highest BCUT2D eigenvalue weighted by Crippen LogP contribution is 2.37. The maximum Gasteiger partial charge on any atom is 0.416 e. The van der Waals surface area contributed by atoms with Crippen molar-refractivity contribution in [2.24, 2.45) is 0 Å². The molecule has 0 aliphatic heterocycles. The predicted molar refractivity (Wildman–Crippen MR) is 48.2 cm³/mol. The van der Waals surface area contributed by atoms with Gasteiger partial charge in [-0.15, -0.1) is 0 Å². The summed E-state index contributed by atoms with van der Waals surface area (Å²) >= 11 is 0. The average molecular weight is 200 g/mol. The fourth-order valence-corrected chi connectivity index (χ4v) is 1.99. The maximum absolute atomic E-state index is 12.4. The van der Waals surface area contributed by atoms with Gasteiger partial charge in [0.05, 0.1) is 5.56 Å². The second kappa shape index (κ2) is 3.01. The summed E-state index contributed by atoms with van der Waals surface area (Å²) in [5.41, 5.74) is 1.43. The lowest BCUT2D eigenvalue weighted by Crippen LogP contribution is -2.05. The van der Waals surface area contributed by atoms with Crippen molar-refractivity contribution >= 4 is 0 Å². The van der Waals surface area contributed by atoms with Crippen LogP contribution in [0.4, 0.5) is 13.2 Å². The first kappa shape index (κ1) is 9.56. The van der Waals surface area contributed by atoms with Crippen LogP contribution in [0.1, 0.15) is 36.0 Å². The van der Waals surface area contributed by atoms with Crippen LogP contribution in [0.25, 0.3) is 0 Å². The molecule has 3 heteroatoms. The minimum Gasteiger partial charge on any atom is -0.166 e. The van der Waals surface area contributed by atoms with Crippen LogP contribution in [-0.4, -0.2) is 0 Å². The average Bonchev–Trinajstić information content (AvgIpc) is 2.46. The van der Waals surface area contributed by atoms with E-state index in [0.717, 1.165) is 24.0 Å². The summed E-state index contributed by atoms with van der Waals surface area (Å²) in [6.45, 7) is 1.98. The molecule has 1 aromatic carbocycles. The van der Waals surface area contributed by atoms with Gasteiger partial charge in [0, 0.05) is 0 Å². The Morgan fingerprint density at radius 3 is 2.64 bits per heavy atom. The Morgan fingerprint density at radius 2 is 2.00 bits per heavy atom. The molecule has 0 N–H and O–H groups in total. The van der Waals surface area contributed by atoms with Gasteiger partial charge in [0.2, 0.25) is 0 Å². The summed E-state index contributed by atoms with van der Waals surface area (Å²) in [7, 11) is 0. The minimum atomic E-state index is -4.21. The van der Waals surface area contributed by atoms with Gasteiger partial charge < -0.3 is 0 Å². The van der Waals surface area contributed by atoms with E-state index >= 15 is 0 Å². The van der Waals surface area contributed by atoms with E-state index in [-0.39, 0.29) is 5.92 Å². The topological polar surface area (TPSA) is 0 Å². The van der Waals surface area contributed by atoms with E-state index in [0.29, 0.717) is 0 Å². The molecule has 1 aliphatic carbocycles. The van der Waals surface area contributed by atoms with Crippen LogP contribution < -0.4 is 0 Å². The lowest BCUT2D eigenvalue weighted by atomic mass is 10.0. The highest BCUT2D eigenvalue weighted by atomic mass is 19.4. The zero-order chi connectivity index (χ0) is 10.3. The molecule has 0 bridgehead atoms. The van der Waals surface area contributed by atoms with E-state index in [4.69, 9.17) is 0 Å². The summed E-state index contributed by atoms with van der Waals surface area (Å²) in [4.78, 5) is 0. The molecule has 0 nitrogen and oxygen atoms in total. The van der Waals surface area contributed by atoms with Gasteiger partial charge in [-0.2, -0.15) is 13.2 Å². The largest absolute Gasteiger partial charge is 0.416 e. The van der Waals surface area contributed by atoms with Gasteiger partial charge in [-0.3, -0.25) is 0 Å². The van der Waals surface area contributed by atoms with Gasteiger partial charge in [0.25, 0.3) is 0 Å². The van der Waals surface area contributed by atoms with Gasteiger partial charge >= 0.3 is 6.18 Å². The molecule has 1 atom stereocenters. The standard InChI is InChI=1S/C11H11F3/c1-7-2-3-8-4-5-9(6-10(7)8)11(12,13)14/h4-7H,2-3H2,1H3. The van der Waals surface area contributed by atoms with E-state index < -0.39 is 11.7 Å². The van der Waals surface area contributed by atoms with Gasteiger partial charge in [0.1, 0.15) is 0 Å². The van der Waals surface area contributed by atoms with E-state index in [9.17, 15) is 13.2 Å². The second-order valence-corrected chi connectivity index (χ2v) is 3.85. The predicted octanol–water partition coefficient (Wildman–Crippen LogP) is 3.76. The molecule has 1 aliphatic rings. The Labute approximate surface area is 80.7 Å². The van der Waals surface area contributed by atoms with Crippen LogP contribution in [0.3, 0.4) is 0 Å². The Bertz CT molecular complexity index is 352. The van der Waals surface area contributed by atoms with Crippen LogP contribution in [0, 0.1) is 0 Å². The van der Waals surface area contributed by atoms with Crippen molar-refractivity contribution in [3.63, 3.8) is 0 Å². The van der Waals surface area contributed by atoms with Crippen molar-refractivity contribution in [3.05, 3.63) is 34.9 Å². The van der Waals surface area contributed by atoms with Gasteiger partial charge in [-0.1, -0.05) is 13.0 Å². The van der Waals surface area contributed by atoms with Crippen molar-refractivity contribution in [2.45, 2.75) is 31.9 Å². The molecule has 0 saturated carbocycles. The van der Waals surface area contributed by atoms with Gasteiger partial charge in [-0.25, -0.2) is 0 Å². The van der Waals surface area contributed by atoms with Crippen molar-refractivity contribution in [1.29, 1.82) is 0 Å². The molecule has 76 valence electrons. The lowest BCUT2D eigenvalue weighted by molar-refractivity contribution is -0.137. The molecule has 1 unspecified atom stereocenters. The Kier molecular flexibility index (Phi) is 2.05. The smallest absolute Gasteiger partial charge is 0.166 e. The first-order valence-corrected chi connectivity index (χ1v) is 4.68. The van der Waals surface area contributed by atoms with Crippen LogP contribution in [0.2, 0.25) is 0 Å². The van der Waals surface area contributed by atoms with Crippen LogP contribution in [-0.2, 0) is 12.6 Å². The molecular weight excluding hydrogens is 189 g/mol. The van der Waals surface area contributed by atoms with Crippen molar-refractivity contribution in [1.82, 2.24) is 0 Å². The summed E-state index contributed by atoms with van der Waals surface area (Å²) in [5, 5.41) is 0. The summed E-state index contributed by atoms with van der Waals surface area (Å²) in [6, 6.07) is 4.09. The minimum absolute atomic E-state index is 0.271. The Balaban J connectivity index is 2.45. The highest BCUT2D eigenvalue weighted by molar-refractivity contribution is 5.38. The van der Waals surface area contributed by atoms with Crippen molar-refractivity contribution in [3.8, 4) is 0 Å². The molecule has 0 aromatic heterocycles. The normalized spacial score (nSPS) is 21.0. The molecule has 0 radical (unpaired) electrons. The number of halogens is 3. The zero-order valence-corrected chi connectivity index (χ0v) is 7.86. The van der Waals surface area contributed by atoms with Crippen LogP contribution in [0.5, 0.6) is 0 Å². The molecule has 14 heavy (non-hydrogen) atoms. The van der Waals surface area contributed by atoms with E-state index in [1.54, 1.807) is 6.07 Å². The first-order valence-electron chi connectivity index (χ1n) is 4.68. The molecule has 2 rings (SSSR count). The van der Waals surface area contributed by atoms with Crippen LogP contribution in [0.15, 0.2) is 18.2 Å². The van der Waals surface area contributed by atoms with Crippen molar-refractivity contribution in [2.75, 3.05) is 0 Å². The number of fused-ring (bicyclic) bond motifs is 1. The number of hydrogen-bond acceptors (Lipinski definition) is 0. The van der Waals surface area contributed by atoms with E-state index in [2.05, 4.69) is 0 Å². The van der Waals surface area contributed by atoms with E-state index in [1.165, 1.54) is 12.1 Å². The molecule has 0 fully saturated rings. The lowest BCUT2D eigenvalue weighted by Gasteiger charge is -2.10. The monoisotopic (exact) mass is 200 g/mol. The molecule has 0 spiro atoms. The van der Waals surface area contributed by atoms with Gasteiger partial charge in [0.15, 0.2) is 0 Å². The van der Waals surface area contributed by atoms with E-state index in [1.807, 2.05) is 6.92 Å².